The van der Waals surface area contributed by atoms with Crippen molar-refractivity contribution in [2.45, 2.75) is 39.3 Å². The normalized spacial score (nSPS) is 11.8. The number of carbonyl (C=O) groups is 2. The van der Waals surface area contributed by atoms with Crippen LogP contribution in [-0.4, -0.2) is 37.3 Å². The molecule has 1 atom stereocenters. The number of ether oxygens (including phenoxy) is 1. The number of hydrogen-bond donors (Lipinski definition) is 4. The number of aromatic nitrogens is 4. The molecule has 11 nitrogen and oxygen atoms in total. The molecule has 11 heteroatoms. The van der Waals surface area contributed by atoms with Gasteiger partial charge in [-0.3, -0.25) is 14.8 Å². The Morgan fingerprint density at radius 2 is 1.69 bits per heavy atom. The van der Waals surface area contributed by atoms with Crippen LogP contribution in [0.2, 0.25) is 0 Å². The number of nitrogens with one attached hydrogen (secondary N) is 4. The standard InChI is InChI=1S/C28H32N8O3/c1-18(19-10-7-6-8-11-19)31-25(37)23-16-29-26(33-22-15-30-36(5)17-22)35-24(23)32-20-12-9-13-21(14-20)34-27(38)39-28(2,3)4/h6-18H,1-5H3,(H,31,37)(H,34,38)(H2,29,32,33,35). The SMILES string of the molecule is CC(NC(=O)c1cnc(Nc2cnn(C)c2)nc1Nc1cccc(NC(=O)OC(C)(C)C)c1)c1ccccc1. The minimum absolute atomic E-state index is 0.235. The van der Waals surface area contributed by atoms with E-state index in [4.69, 9.17) is 4.74 Å². The number of rotatable bonds is 8. The van der Waals surface area contributed by atoms with Crippen LogP contribution in [-0.2, 0) is 11.8 Å². The molecule has 202 valence electrons. The second kappa shape index (κ2) is 11.6. The van der Waals surface area contributed by atoms with Crippen molar-refractivity contribution in [1.82, 2.24) is 25.1 Å². The highest BCUT2D eigenvalue weighted by Crippen LogP contribution is 2.25. The molecule has 0 radical (unpaired) electrons. The first kappa shape index (κ1) is 27.1. The van der Waals surface area contributed by atoms with Gasteiger partial charge in [0.05, 0.1) is 17.9 Å². The topological polar surface area (TPSA) is 135 Å². The maximum atomic E-state index is 13.3. The first-order valence-corrected chi connectivity index (χ1v) is 12.4. The van der Waals surface area contributed by atoms with Crippen molar-refractivity contribution in [3.63, 3.8) is 0 Å². The van der Waals surface area contributed by atoms with E-state index in [1.165, 1.54) is 6.20 Å². The van der Waals surface area contributed by atoms with E-state index in [0.29, 0.717) is 17.1 Å². The first-order chi connectivity index (χ1) is 18.6. The number of aryl methyl sites for hydroxylation is 1. The van der Waals surface area contributed by atoms with Gasteiger partial charge in [-0.1, -0.05) is 36.4 Å². The van der Waals surface area contributed by atoms with Crippen molar-refractivity contribution in [2.75, 3.05) is 16.0 Å². The van der Waals surface area contributed by atoms with E-state index in [2.05, 4.69) is 36.3 Å². The molecule has 4 rings (SSSR count). The van der Waals surface area contributed by atoms with Crippen LogP contribution in [0.25, 0.3) is 0 Å². The Morgan fingerprint density at radius 3 is 2.38 bits per heavy atom. The molecule has 0 saturated carbocycles. The van der Waals surface area contributed by atoms with Crippen LogP contribution in [0.1, 0.15) is 49.7 Å². The maximum Gasteiger partial charge on any atom is 0.412 e. The Kier molecular flexibility index (Phi) is 8.09. The zero-order valence-electron chi connectivity index (χ0n) is 22.5. The molecule has 2 heterocycles. The quantitative estimate of drug-likeness (QED) is 0.234. The summed E-state index contributed by atoms with van der Waals surface area (Å²) in [5, 5.41) is 16.1. The van der Waals surface area contributed by atoms with Gasteiger partial charge in [0.2, 0.25) is 5.95 Å². The molecule has 0 saturated heterocycles. The molecule has 0 fully saturated rings. The van der Waals surface area contributed by atoms with Crippen molar-refractivity contribution in [3.8, 4) is 0 Å². The molecular formula is C28H32N8O3. The third-order valence-corrected chi connectivity index (χ3v) is 5.41. The van der Waals surface area contributed by atoms with Crippen molar-refractivity contribution >= 4 is 40.8 Å². The molecular weight excluding hydrogens is 496 g/mol. The molecule has 0 spiro atoms. The van der Waals surface area contributed by atoms with Gasteiger partial charge >= 0.3 is 6.09 Å². The van der Waals surface area contributed by atoms with E-state index in [-0.39, 0.29) is 29.3 Å². The van der Waals surface area contributed by atoms with Gasteiger partial charge in [0.1, 0.15) is 17.0 Å². The first-order valence-electron chi connectivity index (χ1n) is 12.4. The Hall–Kier alpha value is -4.93. The predicted octanol–water partition coefficient (Wildman–Crippen LogP) is 5.54. The van der Waals surface area contributed by atoms with Gasteiger partial charge in [-0.25, -0.2) is 9.78 Å². The molecule has 0 bridgehead atoms. The predicted molar refractivity (Wildman–Crippen MR) is 150 cm³/mol. The second-order valence-corrected chi connectivity index (χ2v) is 9.92. The number of carbonyl (C=O) groups excluding carboxylic acids is 2. The zero-order valence-corrected chi connectivity index (χ0v) is 22.5. The fourth-order valence-electron chi connectivity index (χ4n) is 3.65. The largest absolute Gasteiger partial charge is 0.444 e. The molecule has 2 aromatic heterocycles. The molecule has 0 aliphatic rings. The number of amides is 2. The maximum absolute atomic E-state index is 13.3. The van der Waals surface area contributed by atoms with Crippen LogP contribution < -0.4 is 21.3 Å². The lowest BCUT2D eigenvalue weighted by molar-refractivity contribution is 0.0635. The summed E-state index contributed by atoms with van der Waals surface area (Å²) in [5.41, 5.74) is 2.40. The fourth-order valence-corrected chi connectivity index (χ4v) is 3.65. The lowest BCUT2D eigenvalue weighted by Gasteiger charge is -2.20. The third-order valence-electron chi connectivity index (χ3n) is 5.41. The molecule has 4 N–H and O–H groups in total. The van der Waals surface area contributed by atoms with Crippen LogP contribution in [0.4, 0.5) is 33.6 Å². The van der Waals surface area contributed by atoms with Crippen LogP contribution in [0.3, 0.4) is 0 Å². The lowest BCUT2D eigenvalue weighted by Crippen LogP contribution is -2.28. The lowest BCUT2D eigenvalue weighted by atomic mass is 10.1. The molecule has 2 aromatic carbocycles. The number of hydrogen-bond acceptors (Lipinski definition) is 8. The number of benzene rings is 2. The van der Waals surface area contributed by atoms with Gasteiger partial charge < -0.3 is 20.7 Å². The third kappa shape index (κ3) is 7.78. The minimum atomic E-state index is -0.627. The summed E-state index contributed by atoms with van der Waals surface area (Å²) >= 11 is 0. The molecule has 4 aromatic rings. The van der Waals surface area contributed by atoms with Crippen molar-refractivity contribution in [1.29, 1.82) is 0 Å². The Bertz CT molecular complexity index is 1450. The summed E-state index contributed by atoms with van der Waals surface area (Å²) in [7, 11) is 1.80. The fraction of sp³-hybridized carbons (Fsp3) is 0.250. The van der Waals surface area contributed by atoms with Gasteiger partial charge in [-0.15, -0.1) is 0 Å². The van der Waals surface area contributed by atoms with E-state index in [1.54, 1.807) is 69.2 Å². The van der Waals surface area contributed by atoms with Gasteiger partial charge in [0.15, 0.2) is 0 Å². The highest BCUT2D eigenvalue weighted by atomic mass is 16.6. The Morgan fingerprint density at radius 1 is 0.949 bits per heavy atom. The van der Waals surface area contributed by atoms with Crippen molar-refractivity contribution < 1.29 is 14.3 Å². The van der Waals surface area contributed by atoms with E-state index >= 15 is 0 Å². The van der Waals surface area contributed by atoms with E-state index < -0.39 is 11.7 Å². The average molecular weight is 529 g/mol. The minimum Gasteiger partial charge on any atom is -0.444 e. The highest BCUT2D eigenvalue weighted by Gasteiger charge is 2.19. The summed E-state index contributed by atoms with van der Waals surface area (Å²) in [4.78, 5) is 34.5. The Balaban J connectivity index is 1.59. The van der Waals surface area contributed by atoms with Crippen LogP contribution in [0.15, 0.2) is 73.2 Å². The number of anilines is 5. The highest BCUT2D eigenvalue weighted by molar-refractivity contribution is 5.99. The van der Waals surface area contributed by atoms with E-state index in [1.807, 2.05) is 37.3 Å². The summed E-state index contributed by atoms with van der Waals surface area (Å²) in [6.45, 7) is 7.29. The second-order valence-electron chi connectivity index (χ2n) is 9.92. The Labute approximate surface area is 227 Å². The smallest absolute Gasteiger partial charge is 0.412 e. The molecule has 2 amide bonds. The van der Waals surface area contributed by atoms with Crippen molar-refractivity contribution in [3.05, 3.63) is 84.3 Å². The molecule has 0 aliphatic heterocycles. The molecule has 0 aliphatic carbocycles. The van der Waals surface area contributed by atoms with Crippen LogP contribution in [0.5, 0.6) is 0 Å². The van der Waals surface area contributed by atoms with Gasteiger partial charge in [0, 0.05) is 30.8 Å². The summed E-state index contributed by atoms with van der Waals surface area (Å²) < 4.78 is 6.99. The summed E-state index contributed by atoms with van der Waals surface area (Å²) in [6.07, 6.45) is 4.32. The molecule has 39 heavy (non-hydrogen) atoms. The van der Waals surface area contributed by atoms with Crippen LogP contribution >= 0.6 is 0 Å². The van der Waals surface area contributed by atoms with E-state index in [9.17, 15) is 9.59 Å². The van der Waals surface area contributed by atoms with Gasteiger partial charge in [-0.2, -0.15) is 10.1 Å². The summed E-state index contributed by atoms with van der Waals surface area (Å²) in [6, 6.07) is 16.4. The molecule has 1 unspecified atom stereocenters. The van der Waals surface area contributed by atoms with Crippen molar-refractivity contribution in [2.24, 2.45) is 7.05 Å². The number of nitrogens with zero attached hydrogens (tertiary/aromatic N) is 4. The average Bonchev–Trinajstić information content (AvgIpc) is 3.28. The summed E-state index contributed by atoms with van der Waals surface area (Å²) in [5.74, 6) is 0.217. The monoisotopic (exact) mass is 528 g/mol. The van der Waals surface area contributed by atoms with Crippen LogP contribution in [0, 0.1) is 0 Å². The van der Waals surface area contributed by atoms with Gasteiger partial charge in [-0.05, 0) is 51.5 Å². The van der Waals surface area contributed by atoms with Gasteiger partial charge in [0.25, 0.3) is 5.91 Å². The van der Waals surface area contributed by atoms with E-state index in [0.717, 1.165) is 5.56 Å². The zero-order chi connectivity index (χ0) is 28.0.